The van der Waals surface area contributed by atoms with Crippen molar-refractivity contribution in [3.05, 3.63) is 29.1 Å². The molecule has 2 amide bonds. The Bertz CT molecular complexity index is 778. The summed E-state index contributed by atoms with van der Waals surface area (Å²) >= 11 is 0. The summed E-state index contributed by atoms with van der Waals surface area (Å²) < 4.78 is 3.85. The van der Waals surface area contributed by atoms with E-state index in [1.165, 1.54) is 5.69 Å². The van der Waals surface area contributed by atoms with Crippen molar-refractivity contribution in [1.29, 1.82) is 0 Å². The van der Waals surface area contributed by atoms with Crippen LogP contribution in [0.2, 0.25) is 0 Å². The van der Waals surface area contributed by atoms with E-state index in [4.69, 9.17) is 0 Å². The highest BCUT2D eigenvalue weighted by Crippen LogP contribution is 2.29. The highest BCUT2D eigenvalue weighted by Gasteiger charge is 2.28. The van der Waals surface area contributed by atoms with Gasteiger partial charge in [-0.05, 0) is 32.1 Å². The summed E-state index contributed by atoms with van der Waals surface area (Å²) in [6.45, 7) is 2.93. The number of carbonyl (C=O) groups excluding carboxylic acids is 1. The lowest BCUT2D eigenvalue weighted by Gasteiger charge is -2.27. The van der Waals surface area contributed by atoms with Crippen molar-refractivity contribution in [1.82, 2.24) is 35.2 Å². The second-order valence-corrected chi connectivity index (χ2v) is 6.89. The highest BCUT2D eigenvalue weighted by molar-refractivity contribution is 5.75. The molecule has 0 bridgehead atoms. The van der Waals surface area contributed by atoms with Crippen molar-refractivity contribution < 1.29 is 4.79 Å². The van der Waals surface area contributed by atoms with E-state index >= 15 is 0 Å². The molecule has 25 heavy (non-hydrogen) atoms. The first-order valence-electron chi connectivity index (χ1n) is 9.17. The Kier molecular flexibility index (Phi) is 4.19. The zero-order valence-electron chi connectivity index (χ0n) is 14.8. The van der Waals surface area contributed by atoms with Gasteiger partial charge in [0.05, 0.1) is 18.3 Å². The van der Waals surface area contributed by atoms with Crippen LogP contribution in [0.15, 0.2) is 6.20 Å². The van der Waals surface area contributed by atoms with E-state index in [2.05, 4.69) is 25.8 Å². The summed E-state index contributed by atoms with van der Waals surface area (Å²) in [6, 6.07) is -0.176. The lowest BCUT2D eigenvalue weighted by atomic mass is 9.93. The standard InChI is InChI=1S/C17H25N7O/c1-3-15-21-16-13(7-5-9-24(16)22-15)20-17(25)19-12-6-4-8-14-11(12)10-18-23(14)2/h10,12-13H,3-9H2,1-2H3,(H2,19,20,25)/t12-,13-/m0/s1. The van der Waals surface area contributed by atoms with Gasteiger partial charge in [-0.3, -0.25) is 4.68 Å². The van der Waals surface area contributed by atoms with Crippen LogP contribution >= 0.6 is 0 Å². The number of aromatic nitrogens is 5. The predicted octanol–water partition coefficient (Wildman–Crippen LogP) is 1.79. The second kappa shape index (κ2) is 6.50. The summed E-state index contributed by atoms with van der Waals surface area (Å²) in [5.41, 5.74) is 2.37. The Morgan fingerprint density at radius 2 is 2.08 bits per heavy atom. The Morgan fingerprint density at radius 3 is 2.92 bits per heavy atom. The van der Waals surface area contributed by atoms with Crippen LogP contribution in [0.4, 0.5) is 4.79 Å². The van der Waals surface area contributed by atoms with Crippen LogP contribution in [0.3, 0.4) is 0 Å². The van der Waals surface area contributed by atoms with Gasteiger partial charge in [-0.25, -0.2) is 14.5 Å². The zero-order valence-corrected chi connectivity index (χ0v) is 14.8. The van der Waals surface area contributed by atoms with Gasteiger partial charge in [0, 0.05) is 31.3 Å². The first-order valence-corrected chi connectivity index (χ1v) is 9.17. The van der Waals surface area contributed by atoms with Crippen LogP contribution in [0.25, 0.3) is 0 Å². The molecule has 3 heterocycles. The van der Waals surface area contributed by atoms with E-state index in [0.717, 1.165) is 62.3 Å². The molecule has 2 N–H and O–H groups in total. The number of nitrogens with zero attached hydrogens (tertiary/aromatic N) is 5. The minimum absolute atomic E-state index is 0.0325. The third-order valence-electron chi connectivity index (χ3n) is 5.22. The van der Waals surface area contributed by atoms with Crippen molar-refractivity contribution in [2.45, 2.75) is 64.1 Å². The Labute approximate surface area is 147 Å². The van der Waals surface area contributed by atoms with Crippen LogP contribution in [-0.2, 0) is 26.4 Å². The summed E-state index contributed by atoms with van der Waals surface area (Å²) in [5.74, 6) is 1.72. The van der Waals surface area contributed by atoms with Crippen molar-refractivity contribution in [2.24, 2.45) is 7.05 Å². The van der Waals surface area contributed by atoms with Crippen molar-refractivity contribution in [2.75, 3.05) is 0 Å². The van der Waals surface area contributed by atoms with Gasteiger partial charge in [0.2, 0.25) is 0 Å². The Hall–Kier alpha value is -2.38. The van der Waals surface area contributed by atoms with E-state index < -0.39 is 0 Å². The molecule has 0 saturated carbocycles. The Balaban J connectivity index is 1.45. The predicted molar refractivity (Wildman–Crippen MR) is 91.9 cm³/mol. The molecule has 2 atom stereocenters. The van der Waals surface area contributed by atoms with E-state index in [1.807, 2.05) is 29.5 Å². The van der Waals surface area contributed by atoms with Gasteiger partial charge in [-0.2, -0.15) is 10.2 Å². The van der Waals surface area contributed by atoms with Crippen LogP contribution in [0, 0.1) is 0 Å². The van der Waals surface area contributed by atoms with Gasteiger partial charge < -0.3 is 10.6 Å². The molecule has 8 heteroatoms. The fourth-order valence-electron chi connectivity index (χ4n) is 3.90. The van der Waals surface area contributed by atoms with Gasteiger partial charge in [-0.1, -0.05) is 6.92 Å². The first kappa shape index (κ1) is 16.1. The SMILES string of the molecule is CCc1nc2n(n1)CCC[C@@H]2NC(=O)N[C@H]1CCCc2c1cnn2C. The molecule has 2 aliphatic rings. The molecular formula is C17H25N7O. The number of aryl methyl sites for hydroxylation is 3. The zero-order chi connectivity index (χ0) is 17.4. The number of hydrogen-bond acceptors (Lipinski definition) is 4. The molecule has 0 unspecified atom stereocenters. The lowest BCUT2D eigenvalue weighted by molar-refractivity contribution is 0.227. The van der Waals surface area contributed by atoms with E-state index in [0.29, 0.717) is 0 Å². The summed E-state index contributed by atoms with van der Waals surface area (Å²) in [5, 5.41) is 15.1. The third-order valence-corrected chi connectivity index (χ3v) is 5.22. The monoisotopic (exact) mass is 343 g/mol. The summed E-state index contributed by atoms with van der Waals surface area (Å²) in [6.07, 6.45) is 7.63. The van der Waals surface area contributed by atoms with Gasteiger partial charge in [0.15, 0.2) is 5.82 Å². The van der Waals surface area contributed by atoms with Crippen LogP contribution in [0.5, 0.6) is 0 Å². The number of fused-ring (bicyclic) bond motifs is 2. The minimum atomic E-state index is -0.138. The lowest BCUT2D eigenvalue weighted by Crippen LogP contribution is -2.42. The molecule has 0 fully saturated rings. The quantitative estimate of drug-likeness (QED) is 0.889. The van der Waals surface area contributed by atoms with Crippen molar-refractivity contribution >= 4 is 6.03 Å². The number of carbonyl (C=O) groups is 1. The van der Waals surface area contributed by atoms with Crippen molar-refractivity contribution in [3.8, 4) is 0 Å². The van der Waals surface area contributed by atoms with Gasteiger partial charge >= 0.3 is 6.03 Å². The number of urea groups is 1. The molecule has 134 valence electrons. The summed E-state index contributed by atoms with van der Waals surface area (Å²) in [4.78, 5) is 17.2. The molecule has 1 aliphatic heterocycles. The molecule has 8 nitrogen and oxygen atoms in total. The maximum atomic E-state index is 12.6. The topological polar surface area (TPSA) is 89.7 Å². The third kappa shape index (κ3) is 3.01. The number of amides is 2. The fourth-order valence-corrected chi connectivity index (χ4v) is 3.90. The van der Waals surface area contributed by atoms with E-state index in [1.54, 1.807) is 0 Å². The second-order valence-electron chi connectivity index (χ2n) is 6.89. The van der Waals surface area contributed by atoms with Crippen LogP contribution in [0.1, 0.15) is 67.6 Å². The van der Waals surface area contributed by atoms with E-state index in [9.17, 15) is 4.79 Å². The highest BCUT2D eigenvalue weighted by atomic mass is 16.2. The largest absolute Gasteiger partial charge is 0.331 e. The summed E-state index contributed by atoms with van der Waals surface area (Å²) in [7, 11) is 1.96. The maximum absolute atomic E-state index is 12.6. The molecule has 0 radical (unpaired) electrons. The van der Waals surface area contributed by atoms with Gasteiger partial charge in [0.25, 0.3) is 0 Å². The molecule has 0 saturated heterocycles. The van der Waals surface area contributed by atoms with Crippen molar-refractivity contribution in [3.63, 3.8) is 0 Å². The fraction of sp³-hybridized carbons (Fsp3) is 0.647. The number of hydrogen-bond donors (Lipinski definition) is 2. The molecule has 0 aromatic carbocycles. The molecule has 0 spiro atoms. The maximum Gasteiger partial charge on any atom is 0.315 e. The average molecular weight is 343 g/mol. The van der Waals surface area contributed by atoms with Crippen LogP contribution < -0.4 is 10.6 Å². The smallest absolute Gasteiger partial charge is 0.315 e. The normalized spacial score (nSPS) is 22.2. The minimum Gasteiger partial charge on any atom is -0.331 e. The van der Waals surface area contributed by atoms with Gasteiger partial charge in [-0.15, -0.1) is 0 Å². The molecule has 1 aliphatic carbocycles. The first-order chi connectivity index (χ1) is 12.2. The Morgan fingerprint density at radius 1 is 1.28 bits per heavy atom. The average Bonchev–Trinajstić information content (AvgIpc) is 3.20. The van der Waals surface area contributed by atoms with Gasteiger partial charge in [0.1, 0.15) is 5.82 Å². The molecular weight excluding hydrogens is 318 g/mol. The molecule has 2 aromatic rings. The number of rotatable bonds is 3. The molecule has 4 rings (SSSR count). The van der Waals surface area contributed by atoms with E-state index in [-0.39, 0.29) is 18.1 Å². The van der Waals surface area contributed by atoms with Crippen LogP contribution in [-0.4, -0.2) is 30.6 Å². The molecule has 2 aromatic heterocycles. The number of nitrogens with one attached hydrogen (secondary N) is 2.